The van der Waals surface area contributed by atoms with E-state index in [1.165, 1.54) is 11.1 Å². The molecule has 0 fully saturated rings. The van der Waals surface area contributed by atoms with Crippen molar-refractivity contribution in [1.82, 2.24) is 5.32 Å². The van der Waals surface area contributed by atoms with E-state index >= 15 is 0 Å². The quantitative estimate of drug-likeness (QED) is 0.338. The first-order valence-electron chi connectivity index (χ1n) is 12.0. The van der Waals surface area contributed by atoms with Gasteiger partial charge in [-0.15, -0.1) is 0 Å². The van der Waals surface area contributed by atoms with E-state index in [1.54, 1.807) is 0 Å². The fourth-order valence-electron chi connectivity index (χ4n) is 4.86. The third kappa shape index (κ3) is 4.01. The Labute approximate surface area is 204 Å². The third-order valence-corrected chi connectivity index (χ3v) is 6.51. The van der Waals surface area contributed by atoms with Gasteiger partial charge in [0, 0.05) is 22.4 Å². The number of nitrogens with one attached hydrogen (secondary N) is 1. The maximum atomic E-state index is 6.45. The van der Waals surface area contributed by atoms with Crippen molar-refractivity contribution < 1.29 is 13.9 Å². The summed E-state index contributed by atoms with van der Waals surface area (Å²) in [5, 5.41) is 5.74. The average molecular weight is 462 g/mol. The molecule has 1 N–H and O–H groups in total. The smallest absolute Gasteiger partial charge is 0.285 e. The van der Waals surface area contributed by atoms with Crippen molar-refractivity contribution in [2.45, 2.75) is 32.9 Å². The Morgan fingerprint density at radius 1 is 0.886 bits per heavy atom. The minimum absolute atomic E-state index is 0.0443. The number of para-hydroxylation sites is 1. The molecule has 4 heteroatoms. The number of hydrogen-bond acceptors (Lipinski definition) is 4. The fraction of sp³-hybridized carbons (Fsp3) is 0.161. The van der Waals surface area contributed by atoms with E-state index in [9.17, 15) is 0 Å². The molecule has 4 nitrogen and oxygen atoms in total. The lowest BCUT2D eigenvalue weighted by Crippen LogP contribution is -2.18. The highest BCUT2D eigenvalue weighted by Crippen LogP contribution is 2.39. The van der Waals surface area contributed by atoms with Gasteiger partial charge >= 0.3 is 0 Å². The van der Waals surface area contributed by atoms with E-state index in [-0.39, 0.29) is 12.1 Å². The van der Waals surface area contributed by atoms with Gasteiger partial charge in [-0.3, -0.25) is 0 Å². The van der Waals surface area contributed by atoms with Crippen LogP contribution in [-0.2, 0) is 9.47 Å². The SMILES string of the molecule is CC1=CC(C)O/C(=C/c2ccc3c(oc4ccccc43)c2C2C=C(c3ccc(C)cc3)C=CN2)O1. The summed E-state index contributed by atoms with van der Waals surface area (Å²) < 4.78 is 18.3. The number of fused-ring (bicyclic) bond motifs is 3. The van der Waals surface area contributed by atoms with Crippen molar-refractivity contribution in [3.05, 3.63) is 119 Å². The highest BCUT2D eigenvalue weighted by atomic mass is 16.7. The van der Waals surface area contributed by atoms with Gasteiger partial charge in [-0.1, -0.05) is 54.1 Å². The van der Waals surface area contributed by atoms with Gasteiger partial charge in [0.05, 0.1) is 6.04 Å². The number of hydrogen-bond donors (Lipinski definition) is 1. The number of rotatable bonds is 3. The number of aryl methyl sites for hydroxylation is 1. The molecular formula is C31H27NO3. The number of dihydropyridines is 1. The Morgan fingerprint density at radius 2 is 1.71 bits per heavy atom. The second-order valence-corrected chi connectivity index (χ2v) is 9.17. The van der Waals surface area contributed by atoms with Gasteiger partial charge in [-0.25, -0.2) is 0 Å². The van der Waals surface area contributed by atoms with E-state index in [1.807, 2.05) is 50.4 Å². The van der Waals surface area contributed by atoms with Crippen LogP contribution in [0.1, 0.15) is 42.1 Å². The van der Waals surface area contributed by atoms with Crippen molar-refractivity contribution in [3.8, 4) is 0 Å². The van der Waals surface area contributed by atoms with E-state index < -0.39 is 0 Å². The first-order chi connectivity index (χ1) is 17.0. The first-order valence-corrected chi connectivity index (χ1v) is 12.0. The molecule has 3 heterocycles. The molecule has 2 aliphatic heterocycles. The van der Waals surface area contributed by atoms with Crippen LogP contribution in [0.25, 0.3) is 33.6 Å². The molecule has 174 valence electrons. The standard InChI is InChI=1S/C31H27NO3/c1-19-8-10-22(11-9-19)23-14-15-32-27(17-23)30-24(18-29-33-20(2)16-21(3)34-29)12-13-26-25-6-4-5-7-28(25)35-31(26)30/h4-18,20,27,32H,1-3H3/b29-18-. The van der Waals surface area contributed by atoms with Crippen molar-refractivity contribution in [2.75, 3.05) is 0 Å². The Bertz CT molecular complexity index is 1550. The summed E-state index contributed by atoms with van der Waals surface area (Å²) in [5.74, 6) is 1.32. The molecule has 6 rings (SSSR count). The molecule has 3 aromatic carbocycles. The molecule has 0 radical (unpaired) electrons. The second kappa shape index (κ2) is 8.55. The van der Waals surface area contributed by atoms with Crippen LogP contribution in [0, 0.1) is 6.92 Å². The summed E-state index contributed by atoms with van der Waals surface area (Å²) in [6, 6.07) is 20.9. The molecule has 1 aromatic heterocycles. The van der Waals surface area contributed by atoms with E-state index in [0.29, 0.717) is 5.95 Å². The van der Waals surface area contributed by atoms with Crippen LogP contribution in [0.3, 0.4) is 0 Å². The molecule has 4 aromatic rings. The zero-order valence-corrected chi connectivity index (χ0v) is 20.0. The average Bonchev–Trinajstić information content (AvgIpc) is 3.22. The van der Waals surface area contributed by atoms with Crippen molar-refractivity contribution in [1.29, 1.82) is 0 Å². The monoisotopic (exact) mass is 461 g/mol. The molecule has 0 bridgehead atoms. The Morgan fingerprint density at radius 3 is 2.54 bits per heavy atom. The maximum absolute atomic E-state index is 6.45. The Hall–Kier alpha value is -4.18. The summed E-state index contributed by atoms with van der Waals surface area (Å²) in [4.78, 5) is 0. The van der Waals surface area contributed by atoms with Crippen LogP contribution in [0.2, 0.25) is 0 Å². The van der Waals surface area contributed by atoms with Gasteiger partial charge < -0.3 is 19.2 Å². The topological polar surface area (TPSA) is 43.6 Å². The molecule has 2 aliphatic rings. The van der Waals surface area contributed by atoms with Crippen LogP contribution < -0.4 is 5.32 Å². The lowest BCUT2D eigenvalue weighted by molar-refractivity contribution is 0.0265. The normalized spacial score (nSPS) is 20.8. The first kappa shape index (κ1) is 21.4. The predicted octanol–water partition coefficient (Wildman–Crippen LogP) is 7.77. The fourth-order valence-corrected chi connectivity index (χ4v) is 4.86. The van der Waals surface area contributed by atoms with Crippen LogP contribution in [-0.4, -0.2) is 6.10 Å². The predicted molar refractivity (Wildman–Crippen MR) is 141 cm³/mol. The molecule has 35 heavy (non-hydrogen) atoms. The maximum Gasteiger partial charge on any atom is 0.285 e. The van der Waals surface area contributed by atoms with Gasteiger partial charge in [0.1, 0.15) is 23.0 Å². The molecule has 0 aliphatic carbocycles. The van der Waals surface area contributed by atoms with Crippen molar-refractivity contribution in [2.24, 2.45) is 0 Å². The molecule has 0 saturated carbocycles. The lowest BCUT2D eigenvalue weighted by atomic mass is 9.92. The Kier molecular flexibility index (Phi) is 5.22. The summed E-state index contributed by atoms with van der Waals surface area (Å²) >= 11 is 0. The lowest BCUT2D eigenvalue weighted by Gasteiger charge is -2.24. The number of furan rings is 1. The van der Waals surface area contributed by atoms with E-state index in [2.05, 4.69) is 66.9 Å². The van der Waals surface area contributed by atoms with Crippen LogP contribution in [0.4, 0.5) is 0 Å². The van der Waals surface area contributed by atoms with Gasteiger partial charge in [-0.2, -0.15) is 0 Å². The zero-order valence-electron chi connectivity index (χ0n) is 20.0. The zero-order chi connectivity index (χ0) is 23.9. The van der Waals surface area contributed by atoms with Crippen LogP contribution in [0.15, 0.2) is 101 Å². The largest absolute Gasteiger partial charge is 0.458 e. The van der Waals surface area contributed by atoms with E-state index in [0.717, 1.165) is 44.4 Å². The second-order valence-electron chi connectivity index (χ2n) is 9.17. The molecule has 2 unspecified atom stereocenters. The van der Waals surface area contributed by atoms with E-state index in [4.69, 9.17) is 13.9 Å². The highest BCUT2D eigenvalue weighted by molar-refractivity contribution is 6.07. The minimum atomic E-state index is -0.0925. The number of allylic oxidation sites excluding steroid dienone is 3. The van der Waals surface area contributed by atoms with Gasteiger partial charge in [0.25, 0.3) is 5.95 Å². The summed E-state index contributed by atoms with van der Waals surface area (Å²) in [6.07, 6.45) is 10.3. The van der Waals surface area contributed by atoms with Crippen molar-refractivity contribution >= 4 is 33.6 Å². The molecule has 0 saturated heterocycles. The van der Waals surface area contributed by atoms with Crippen LogP contribution >= 0.6 is 0 Å². The third-order valence-electron chi connectivity index (χ3n) is 6.51. The van der Waals surface area contributed by atoms with Gasteiger partial charge in [0.15, 0.2) is 0 Å². The minimum Gasteiger partial charge on any atom is -0.458 e. The summed E-state index contributed by atoms with van der Waals surface area (Å²) in [6.45, 7) is 6.06. The molecule has 2 atom stereocenters. The molecular weight excluding hydrogens is 434 g/mol. The number of ether oxygens (including phenoxy) is 2. The number of benzene rings is 3. The van der Waals surface area contributed by atoms with Gasteiger partial charge in [-0.05, 0) is 74.0 Å². The Balaban J connectivity index is 1.53. The highest BCUT2D eigenvalue weighted by Gasteiger charge is 2.23. The van der Waals surface area contributed by atoms with Crippen LogP contribution in [0.5, 0.6) is 0 Å². The summed E-state index contributed by atoms with van der Waals surface area (Å²) in [7, 11) is 0. The molecule has 0 spiro atoms. The van der Waals surface area contributed by atoms with Gasteiger partial charge in [0.2, 0.25) is 0 Å². The summed E-state index contributed by atoms with van der Waals surface area (Å²) in [5.41, 5.74) is 7.37. The molecule has 0 amide bonds. The van der Waals surface area contributed by atoms with Crippen molar-refractivity contribution in [3.63, 3.8) is 0 Å².